The van der Waals surface area contributed by atoms with Gasteiger partial charge in [0.1, 0.15) is 11.8 Å². The van der Waals surface area contributed by atoms with Gasteiger partial charge in [0, 0.05) is 17.6 Å². The summed E-state index contributed by atoms with van der Waals surface area (Å²) in [6.07, 6.45) is 1.81. The highest BCUT2D eigenvalue weighted by Gasteiger charge is 2.40. The van der Waals surface area contributed by atoms with Gasteiger partial charge in [-0.3, -0.25) is 4.98 Å². The number of benzene rings is 1. The van der Waals surface area contributed by atoms with Crippen molar-refractivity contribution in [2.45, 2.75) is 35.9 Å². The number of nitrogens with one attached hydrogen (secondary N) is 1. The van der Waals surface area contributed by atoms with Crippen molar-refractivity contribution < 1.29 is 4.42 Å². The zero-order valence-electron chi connectivity index (χ0n) is 15.3. The fourth-order valence-corrected chi connectivity index (χ4v) is 4.47. The number of nitrogens with zero attached hydrogens (tertiary/aromatic N) is 2. The van der Waals surface area contributed by atoms with Crippen LogP contribution in [0.5, 0.6) is 0 Å². The number of thiocarbonyl (C=S) groups is 1. The fraction of sp³-hybridized carbons (Fsp3) is 0.238. The van der Waals surface area contributed by atoms with Crippen LogP contribution in [-0.4, -0.2) is 21.5 Å². The average Bonchev–Trinajstić information content (AvgIpc) is 3.28. The van der Waals surface area contributed by atoms with Crippen LogP contribution in [0.15, 0.2) is 75.2 Å². The Hall–Kier alpha value is -2.31. The number of furan rings is 1. The van der Waals surface area contributed by atoms with Gasteiger partial charge in [0.15, 0.2) is 10.2 Å². The number of pyridine rings is 1. The summed E-state index contributed by atoms with van der Waals surface area (Å²) in [5, 5.41) is 5.03. The first-order chi connectivity index (χ1) is 13.2. The van der Waals surface area contributed by atoms with Crippen LogP contribution < -0.4 is 5.32 Å². The van der Waals surface area contributed by atoms with Crippen LogP contribution in [0.3, 0.4) is 0 Å². The quantitative estimate of drug-likeness (QED) is 0.604. The van der Waals surface area contributed by atoms with Crippen LogP contribution in [0.1, 0.15) is 36.0 Å². The number of hydrogen-bond acceptors (Lipinski definition) is 4. The third-order valence-electron chi connectivity index (χ3n) is 4.67. The highest BCUT2D eigenvalue weighted by molar-refractivity contribution is 7.99. The normalized spacial score (nSPS) is 19.3. The van der Waals surface area contributed by atoms with Crippen LogP contribution in [-0.2, 0) is 0 Å². The number of rotatable bonds is 5. The maximum atomic E-state index is 6.23. The van der Waals surface area contributed by atoms with E-state index >= 15 is 0 Å². The van der Waals surface area contributed by atoms with Crippen molar-refractivity contribution in [3.63, 3.8) is 0 Å². The van der Waals surface area contributed by atoms with Gasteiger partial charge in [-0.05, 0) is 62.5 Å². The Morgan fingerprint density at radius 1 is 1.15 bits per heavy atom. The van der Waals surface area contributed by atoms with Gasteiger partial charge in [0.05, 0.1) is 11.7 Å². The van der Waals surface area contributed by atoms with Gasteiger partial charge in [0.2, 0.25) is 0 Å². The van der Waals surface area contributed by atoms with Crippen molar-refractivity contribution in [1.29, 1.82) is 0 Å². The van der Waals surface area contributed by atoms with Gasteiger partial charge >= 0.3 is 0 Å². The summed E-state index contributed by atoms with van der Waals surface area (Å²) in [4.78, 5) is 7.85. The second kappa shape index (κ2) is 7.74. The van der Waals surface area contributed by atoms with Crippen LogP contribution in [0.25, 0.3) is 0 Å². The summed E-state index contributed by atoms with van der Waals surface area (Å²) in [5.41, 5.74) is 2.21. The van der Waals surface area contributed by atoms with E-state index in [9.17, 15) is 0 Å². The third kappa shape index (κ3) is 3.73. The zero-order valence-corrected chi connectivity index (χ0v) is 16.9. The summed E-state index contributed by atoms with van der Waals surface area (Å²) >= 11 is 7.19. The first-order valence-electron chi connectivity index (χ1n) is 8.98. The largest absolute Gasteiger partial charge is 0.452 e. The molecule has 2 atom stereocenters. The number of likely N-dealkylation sites (N-methyl/N-ethyl adjacent to an activating group) is 1. The summed E-state index contributed by atoms with van der Waals surface area (Å²) in [6, 6.07) is 18.4. The van der Waals surface area contributed by atoms with Gasteiger partial charge in [-0.1, -0.05) is 35.5 Å². The standard InChI is InChI=1S/C21H21N3OS2/c1-3-24-20(19(23-21(24)26)16-6-4-5-13-22-16)17-11-12-18(25-17)27-15-9-7-14(2)8-10-15/h4-13,19-20H,3H2,1-2H3,(H,23,26)/t19-,20+/m0/s1. The molecule has 2 aromatic heterocycles. The molecular formula is C21H21N3OS2. The topological polar surface area (TPSA) is 41.3 Å². The molecule has 1 aromatic carbocycles. The van der Waals surface area contributed by atoms with Gasteiger partial charge in [0.25, 0.3) is 0 Å². The first kappa shape index (κ1) is 18.1. The monoisotopic (exact) mass is 395 g/mol. The molecule has 0 saturated carbocycles. The van der Waals surface area contributed by atoms with Crippen molar-refractivity contribution in [3.8, 4) is 0 Å². The molecule has 3 aromatic rings. The van der Waals surface area contributed by atoms with E-state index in [0.717, 1.165) is 33.1 Å². The van der Waals surface area contributed by atoms with Crippen molar-refractivity contribution in [1.82, 2.24) is 15.2 Å². The molecule has 4 rings (SSSR count). The van der Waals surface area contributed by atoms with E-state index in [1.807, 2.05) is 30.5 Å². The number of aryl methyl sites for hydroxylation is 1. The van der Waals surface area contributed by atoms with E-state index in [4.69, 9.17) is 16.6 Å². The maximum absolute atomic E-state index is 6.23. The molecule has 4 nitrogen and oxygen atoms in total. The molecule has 3 heterocycles. The third-order valence-corrected chi connectivity index (χ3v) is 5.95. The molecule has 0 spiro atoms. The number of hydrogen-bond donors (Lipinski definition) is 1. The Morgan fingerprint density at radius 3 is 2.67 bits per heavy atom. The molecule has 0 radical (unpaired) electrons. The van der Waals surface area contributed by atoms with Crippen molar-refractivity contribution in [3.05, 3.63) is 77.8 Å². The molecular weight excluding hydrogens is 374 g/mol. The molecule has 1 fully saturated rings. The predicted octanol–water partition coefficient (Wildman–Crippen LogP) is 5.13. The molecule has 0 unspecified atom stereocenters. The maximum Gasteiger partial charge on any atom is 0.170 e. The molecule has 0 amide bonds. The minimum atomic E-state index is -0.0259. The van der Waals surface area contributed by atoms with E-state index in [1.165, 1.54) is 5.56 Å². The highest BCUT2D eigenvalue weighted by atomic mass is 32.2. The molecule has 1 saturated heterocycles. The summed E-state index contributed by atoms with van der Waals surface area (Å²) in [5.74, 6) is 0.898. The van der Waals surface area contributed by atoms with Gasteiger partial charge in [-0.15, -0.1) is 0 Å². The Balaban J connectivity index is 1.62. The van der Waals surface area contributed by atoms with Gasteiger partial charge < -0.3 is 14.6 Å². The van der Waals surface area contributed by atoms with Crippen LogP contribution >= 0.6 is 24.0 Å². The first-order valence-corrected chi connectivity index (χ1v) is 10.2. The predicted molar refractivity (Wildman–Crippen MR) is 112 cm³/mol. The summed E-state index contributed by atoms with van der Waals surface area (Å²) in [7, 11) is 0. The summed E-state index contributed by atoms with van der Waals surface area (Å²) < 4.78 is 6.23. The van der Waals surface area contributed by atoms with Crippen molar-refractivity contribution in [2.75, 3.05) is 6.54 Å². The summed E-state index contributed by atoms with van der Waals surface area (Å²) in [6.45, 7) is 5.00. The number of aromatic nitrogens is 1. The lowest BCUT2D eigenvalue weighted by Gasteiger charge is -2.24. The van der Waals surface area contributed by atoms with Crippen LogP contribution in [0.2, 0.25) is 0 Å². The second-order valence-electron chi connectivity index (χ2n) is 6.48. The Bertz CT molecular complexity index is 924. The molecule has 6 heteroatoms. The minimum absolute atomic E-state index is 0.00947. The lowest BCUT2D eigenvalue weighted by molar-refractivity contribution is 0.267. The SMILES string of the molecule is CCN1C(=S)N[C@@H](c2ccccn2)[C@H]1c1ccc(Sc2ccc(C)cc2)o1. The Kier molecular flexibility index (Phi) is 5.18. The van der Waals surface area contributed by atoms with E-state index in [0.29, 0.717) is 0 Å². The van der Waals surface area contributed by atoms with Crippen molar-refractivity contribution >= 4 is 29.1 Å². The second-order valence-corrected chi connectivity index (χ2v) is 7.95. The highest BCUT2D eigenvalue weighted by Crippen LogP contribution is 2.40. The van der Waals surface area contributed by atoms with E-state index < -0.39 is 0 Å². The minimum Gasteiger partial charge on any atom is -0.452 e. The average molecular weight is 396 g/mol. The van der Waals surface area contributed by atoms with Crippen molar-refractivity contribution in [2.24, 2.45) is 0 Å². The van der Waals surface area contributed by atoms with E-state index in [2.05, 4.69) is 59.4 Å². The molecule has 1 aliphatic rings. The molecule has 1 N–H and O–H groups in total. The lowest BCUT2D eigenvalue weighted by atomic mass is 10.0. The Labute approximate surface area is 169 Å². The zero-order chi connectivity index (χ0) is 18.8. The van der Waals surface area contributed by atoms with Gasteiger partial charge in [-0.25, -0.2) is 0 Å². The van der Waals surface area contributed by atoms with E-state index in [-0.39, 0.29) is 12.1 Å². The Morgan fingerprint density at radius 2 is 1.96 bits per heavy atom. The molecule has 138 valence electrons. The lowest BCUT2D eigenvalue weighted by Crippen LogP contribution is -2.29. The molecule has 0 bridgehead atoms. The molecule has 1 aliphatic heterocycles. The van der Waals surface area contributed by atoms with Crippen LogP contribution in [0.4, 0.5) is 0 Å². The molecule has 0 aliphatic carbocycles. The molecule has 27 heavy (non-hydrogen) atoms. The van der Waals surface area contributed by atoms with Gasteiger partial charge in [-0.2, -0.15) is 0 Å². The fourth-order valence-electron chi connectivity index (χ4n) is 3.33. The van der Waals surface area contributed by atoms with E-state index in [1.54, 1.807) is 11.8 Å². The van der Waals surface area contributed by atoms with Crippen LogP contribution in [0, 0.1) is 6.92 Å². The smallest absolute Gasteiger partial charge is 0.170 e.